The predicted octanol–water partition coefficient (Wildman–Crippen LogP) is 3.53. The van der Waals surface area contributed by atoms with Gasteiger partial charge in [-0.2, -0.15) is 0 Å². The summed E-state index contributed by atoms with van der Waals surface area (Å²) in [6, 6.07) is 2.75. The van der Waals surface area contributed by atoms with Crippen molar-refractivity contribution in [3.8, 4) is 0 Å². The molecule has 0 aromatic heterocycles. The Kier molecular flexibility index (Phi) is 7.52. The molecule has 98 valence electrons. The first kappa shape index (κ1) is 16.1. The number of aliphatic hydroxyl groups is 1. The molecule has 3 heteroatoms. The first-order valence-corrected chi connectivity index (χ1v) is 9.87. The summed E-state index contributed by atoms with van der Waals surface area (Å²) < 4.78 is 5.30. The Labute approximate surface area is 102 Å². The van der Waals surface area contributed by atoms with Gasteiger partial charge >= 0.3 is 0 Å². The van der Waals surface area contributed by atoms with Gasteiger partial charge in [0.1, 0.15) is 0 Å². The van der Waals surface area contributed by atoms with Crippen LogP contribution in [-0.2, 0) is 4.74 Å². The minimum atomic E-state index is -1.02. The van der Waals surface area contributed by atoms with E-state index >= 15 is 0 Å². The van der Waals surface area contributed by atoms with Crippen molar-refractivity contribution in [3.63, 3.8) is 0 Å². The Morgan fingerprint density at radius 1 is 1.06 bits per heavy atom. The van der Waals surface area contributed by atoms with E-state index in [2.05, 4.69) is 33.9 Å². The van der Waals surface area contributed by atoms with Crippen molar-refractivity contribution in [2.24, 2.45) is 5.41 Å². The van der Waals surface area contributed by atoms with Gasteiger partial charge < -0.3 is 9.84 Å². The minimum Gasteiger partial charge on any atom is -0.394 e. The monoisotopic (exact) mass is 246 g/mol. The van der Waals surface area contributed by atoms with Gasteiger partial charge in [-0.05, 0) is 11.8 Å². The van der Waals surface area contributed by atoms with Crippen LogP contribution in [0.4, 0.5) is 0 Å². The van der Waals surface area contributed by atoms with Gasteiger partial charge in [0, 0.05) is 14.7 Å². The van der Waals surface area contributed by atoms with Gasteiger partial charge in [0.05, 0.1) is 13.2 Å². The molecular weight excluding hydrogens is 216 g/mol. The van der Waals surface area contributed by atoms with Crippen molar-refractivity contribution >= 4 is 8.07 Å². The van der Waals surface area contributed by atoms with E-state index in [0.29, 0.717) is 12.0 Å². The first-order valence-electron chi connectivity index (χ1n) is 6.45. The highest BCUT2D eigenvalue weighted by atomic mass is 28.3. The smallest absolute Gasteiger partial charge is 0.0697 e. The summed E-state index contributed by atoms with van der Waals surface area (Å²) in [5.41, 5.74) is 0.470. The van der Waals surface area contributed by atoms with E-state index in [0.717, 1.165) is 13.0 Å². The maximum absolute atomic E-state index is 8.58. The topological polar surface area (TPSA) is 29.5 Å². The number of ether oxygens (including phenoxy) is 1. The Morgan fingerprint density at radius 3 is 2.19 bits per heavy atom. The molecule has 0 saturated carbocycles. The molecule has 1 N–H and O–H groups in total. The fourth-order valence-corrected chi connectivity index (χ4v) is 4.44. The standard InChI is InChI=1S/C13H30O2Si/c1-13(2,3)7-12-16(4,5)11-6-9-15-10-8-14/h14H,6-12H2,1-5H3. The first-order chi connectivity index (χ1) is 7.27. The number of rotatable bonds is 8. The molecule has 0 radical (unpaired) electrons. The lowest BCUT2D eigenvalue weighted by Gasteiger charge is -2.27. The van der Waals surface area contributed by atoms with Crippen LogP contribution in [0.2, 0.25) is 25.2 Å². The zero-order valence-corrected chi connectivity index (χ0v) is 12.8. The van der Waals surface area contributed by atoms with Crippen molar-refractivity contribution in [1.82, 2.24) is 0 Å². The molecule has 0 bridgehead atoms. The summed E-state index contributed by atoms with van der Waals surface area (Å²) in [5, 5.41) is 8.58. The number of hydrogen-bond acceptors (Lipinski definition) is 2. The van der Waals surface area contributed by atoms with Crippen molar-refractivity contribution < 1.29 is 9.84 Å². The third kappa shape index (κ3) is 10.6. The molecule has 0 aliphatic carbocycles. The van der Waals surface area contributed by atoms with E-state index < -0.39 is 8.07 Å². The SMILES string of the molecule is CC(C)(C)CC[Si](C)(C)CCCOCCO. The van der Waals surface area contributed by atoms with Crippen molar-refractivity contribution in [2.75, 3.05) is 19.8 Å². The highest BCUT2D eigenvalue weighted by molar-refractivity contribution is 6.77. The van der Waals surface area contributed by atoms with Gasteiger partial charge in [-0.15, -0.1) is 0 Å². The largest absolute Gasteiger partial charge is 0.394 e. The highest BCUT2D eigenvalue weighted by Crippen LogP contribution is 2.28. The van der Waals surface area contributed by atoms with Gasteiger partial charge in [-0.1, -0.05) is 52.4 Å². The molecule has 0 atom stereocenters. The summed E-state index contributed by atoms with van der Waals surface area (Å²) in [4.78, 5) is 0. The molecule has 0 fully saturated rings. The summed E-state index contributed by atoms with van der Waals surface area (Å²) in [6.45, 7) is 13.4. The quantitative estimate of drug-likeness (QED) is 0.524. The van der Waals surface area contributed by atoms with E-state index in [-0.39, 0.29) is 6.61 Å². The van der Waals surface area contributed by atoms with Crippen LogP contribution in [0, 0.1) is 5.41 Å². The van der Waals surface area contributed by atoms with Crippen LogP contribution in [0.3, 0.4) is 0 Å². The molecule has 0 rings (SSSR count). The molecule has 0 spiro atoms. The van der Waals surface area contributed by atoms with Crippen LogP contribution in [-0.4, -0.2) is 33.0 Å². The molecule has 0 unspecified atom stereocenters. The summed E-state index contributed by atoms with van der Waals surface area (Å²) in [5.74, 6) is 0. The van der Waals surface area contributed by atoms with E-state index in [1.807, 2.05) is 0 Å². The van der Waals surface area contributed by atoms with E-state index in [4.69, 9.17) is 9.84 Å². The third-order valence-corrected chi connectivity index (χ3v) is 6.24. The van der Waals surface area contributed by atoms with E-state index in [1.54, 1.807) is 0 Å². The zero-order valence-electron chi connectivity index (χ0n) is 11.8. The molecule has 0 aliphatic heterocycles. The maximum Gasteiger partial charge on any atom is 0.0697 e. The molecule has 0 amide bonds. The average Bonchev–Trinajstić information content (AvgIpc) is 2.14. The summed E-state index contributed by atoms with van der Waals surface area (Å²) in [6.07, 6.45) is 2.49. The molecule has 0 aliphatic rings. The van der Waals surface area contributed by atoms with Gasteiger partial charge in [0.25, 0.3) is 0 Å². The summed E-state index contributed by atoms with van der Waals surface area (Å²) in [7, 11) is -1.02. The predicted molar refractivity (Wildman–Crippen MR) is 73.7 cm³/mol. The van der Waals surface area contributed by atoms with Crippen LogP contribution in [0.5, 0.6) is 0 Å². The van der Waals surface area contributed by atoms with Crippen LogP contribution in [0.25, 0.3) is 0 Å². The number of aliphatic hydroxyl groups excluding tert-OH is 1. The van der Waals surface area contributed by atoms with Crippen molar-refractivity contribution in [2.45, 2.75) is 58.8 Å². The van der Waals surface area contributed by atoms with Gasteiger partial charge in [-0.25, -0.2) is 0 Å². The fourth-order valence-electron chi connectivity index (χ4n) is 1.66. The third-order valence-electron chi connectivity index (χ3n) is 2.93. The lowest BCUT2D eigenvalue weighted by molar-refractivity contribution is 0.0926. The second kappa shape index (κ2) is 7.46. The molecule has 0 aromatic carbocycles. The second-order valence-electron chi connectivity index (χ2n) is 6.66. The maximum atomic E-state index is 8.58. The molecule has 16 heavy (non-hydrogen) atoms. The molecule has 0 aromatic rings. The Bertz CT molecular complexity index is 173. The van der Waals surface area contributed by atoms with Crippen LogP contribution in [0.15, 0.2) is 0 Å². The van der Waals surface area contributed by atoms with E-state index in [1.165, 1.54) is 18.5 Å². The fraction of sp³-hybridized carbons (Fsp3) is 1.00. The van der Waals surface area contributed by atoms with Gasteiger partial charge in [0.2, 0.25) is 0 Å². The normalized spacial score (nSPS) is 13.1. The van der Waals surface area contributed by atoms with Crippen LogP contribution < -0.4 is 0 Å². The lowest BCUT2D eigenvalue weighted by Crippen LogP contribution is -2.27. The zero-order chi connectivity index (χ0) is 12.7. The second-order valence-corrected chi connectivity index (χ2v) is 12.0. The molecule has 2 nitrogen and oxygen atoms in total. The number of hydrogen-bond donors (Lipinski definition) is 1. The molecule has 0 saturated heterocycles. The Balaban J connectivity index is 3.62. The Hall–Kier alpha value is 0.137. The van der Waals surface area contributed by atoms with Gasteiger partial charge in [-0.3, -0.25) is 0 Å². The van der Waals surface area contributed by atoms with Gasteiger partial charge in [0.15, 0.2) is 0 Å². The minimum absolute atomic E-state index is 0.144. The highest BCUT2D eigenvalue weighted by Gasteiger charge is 2.22. The molecule has 0 heterocycles. The molecular formula is C13H30O2Si. The van der Waals surface area contributed by atoms with Crippen LogP contribution in [0.1, 0.15) is 33.6 Å². The Morgan fingerprint density at radius 2 is 1.69 bits per heavy atom. The van der Waals surface area contributed by atoms with E-state index in [9.17, 15) is 0 Å². The van der Waals surface area contributed by atoms with Crippen LogP contribution >= 0.6 is 0 Å². The van der Waals surface area contributed by atoms with Crippen molar-refractivity contribution in [3.05, 3.63) is 0 Å². The van der Waals surface area contributed by atoms with Crippen molar-refractivity contribution in [1.29, 1.82) is 0 Å². The lowest BCUT2D eigenvalue weighted by atomic mass is 9.94. The summed E-state index contributed by atoms with van der Waals surface area (Å²) >= 11 is 0. The average molecular weight is 246 g/mol.